The minimum atomic E-state index is -4.41. The van der Waals surface area contributed by atoms with Crippen molar-refractivity contribution in [2.75, 3.05) is 24.2 Å². The zero-order valence-electron chi connectivity index (χ0n) is 16.2. The molecule has 4 nitrogen and oxygen atoms in total. The molecule has 29 heavy (non-hydrogen) atoms. The molecule has 1 amide bonds. The number of nitrogens with zero attached hydrogens (tertiary/aromatic N) is 2. The Hall–Kier alpha value is -2.06. The lowest BCUT2D eigenvalue weighted by molar-refractivity contribution is -0.137. The van der Waals surface area contributed by atoms with Gasteiger partial charge in [-0.25, -0.2) is 4.98 Å². The van der Waals surface area contributed by atoms with Crippen LogP contribution in [0, 0.1) is 5.92 Å². The molecule has 2 heterocycles. The van der Waals surface area contributed by atoms with Gasteiger partial charge in [0.2, 0.25) is 5.91 Å². The van der Waals surface area contributed by atoms with E-state index in [0.29, 0.717) is 10.7 Å². The van der Waals surface area contributed by atoms with Gasteiger partial charge in [-0.05, 0) is 61.7 Å². The Morgan fingerprint density at radius 1 is 1.17 bits per heavy atom. The van der Waals surface area contributed by atoms with E-state index in [9.17, 15) is 18.0 Å². The summed E-state index contributed by atoms with van der Waals surface area (Å²) in [5, 5.41) is 3.18. The van der Waals surface area contributed by atoms with Crippen molar-refractivity contribution in [1.82, 2.24) is 9.88 Å². The van der Waals surface area contributed by atoms with Crippen molar-refractivity contribution in [3.8, 4) is 0 Å². The molecule has 3 rings (SSSR count). The lowest BCUT2D eigenvalue weighted by atomic mass is 9.99. The van der Waals surface area contributed by atoms with Gasteiger partial charge in [-0.15, -0.1) is 0 Å². The summed E-state index contributed by atoms with van der Waals surface area (Å²) in [6, 6.07) is 10.0. The lowest BCUT2D eigenvalue weighted by Crippen LogP contribution is -2.32. The van der Waals surface area contributed by atoms with Crippen molar-refractivity contribution in [2.45, 2.75) is 37.5 Å². The monoisotopic (exact) mass is 423 g/mol. The third-order valence-electron chi connectivity index (χ3n) is 4.93. The predicted octanol–water partition coefficient (Wildman–Crippen LogP) is 5.06. The Morgan fingerprint density at radius 2 is 1.86 bits per heavy atom. The molecule has 0 spiro atoms. The number of aromatic nitrogens is 1. The number of thioether (sulfide) groups is 1. The molecule has 0 unspecified atom stereocenters. The fraction of sp³-hybridized carbons (Fsp3) is 0.429. The number of likely N-dealkylation sites (tertiary alicyclic amines) is 1. The number of anilines is 1. The van der Waals surface area contributed by atoms with Gasteiger partial charge in [0.25, 0.3) is 0 Å². The molecule has 1 N–H and O–H groups in total. The highest BCUT2D eigenvalue weighted by molar-refractivity contribution is 7.99. The zero-order valence-corrected chi connectivity index (χ0v) is 17.0. The van der Waals surface area contributed by atoms with Crippen LogP contribution in [0.3, 0.4) is 0 Å². The maximum atomic E-state index is 12.5. The van der Waals surface area contributed by atoms with Crippen LogP contribution in [0.2, 0.25) is 0 Å². The first kappa shape index (κ1) is 21.6. The molecule has 0 bridgehead atoms. The number of benzene rings is 1. The molecule has 0 atom stereocenters. The molecule has 1 aromatic carbocycles. The third-order valence-corrected chi connectivity index (χ3v) is 5.88. The Balaban J connectivity index is 1.44. The van der Waals surface area contributed by atoms with Gasteiger partial charge in [0.05, 0.1) is 16.3 Å². The van der Waals surface area contributed by atoms with E-state index in [2.05, 4.69) is 22.1 Å². The molecule has 1 aliphatic rings. The summed E-state index contributed by atoms with van der Waals surface area (Å²) in [4.78, 5) is 18.3. The Labute approximate surface area is 172 Å². The van der Waals surface area contributed by atoms with Crippen molar-refractivity contribution in [3.05, 3.63) is 53.7 Å². The van der Waals surface area contributed by atoms with E-state index in [-0.39, 0.29) is 11.7 Å². The molecule has 156 valence electrons. The van der Waals surface area contributed by atoms with E-state index in [1.165, 1.54) is 24.5 Å². The van der Waals surface area contributed by atoms with E-state index < -0.39 is 11.7 Å². The zero-order chi connectivity index (χ0) is 20.9. The molecule has 1 saturated heterocycles. The minimum absolute atomic E-state index is 0.0755. The van der Waals surface area contributed by atoms with Crippen LogP contribution < -0.4 is 5.32 Å². The molecule has 1 aliphatic heterocycles. The fourth-order valence-electron chi connectivity index (χ4n) is 3.14. The van der Waals surface area contributed by atoms with Crippen LogP contribution >= 0.6 is 11.8 Å². The van der Waals surface area contributed by atoms with Gasteiger partial charge in [0, 0.05) is 18.4 Å². The van der Waals surface area contributed by atoms with Crippen molar-refractivity contribution >= 4 is 23.4 Å². The molecule has 1 aromatic heterocycles. The van der Waals surface area contributed by atoms with Crippen LogP contribution in [0.15, 0.2) is 47.6 Å². The first-order chi connectivity index (χ1) is 13.8. The average molecular weight is 424 g/mol. The van der Waals surface area contributed by atoms with Gasteiger partial charge in [0.15, 0.2) is 0 Å². The number of piperidine rings is 1. The number of halogens is 3. The summed E-state index contributed by atoms with van der Waals surface area (Å²) >= 11 is 1.10. The summed E-state index contributed by atoms with van der Waals surface area (Å²) in [6.45, 7) is 5.45. The highest BCUT2D eigenvalue weighted by Gasteiger charge is 2.30. The predicted molar refractivity (Wildman–Crippen MR) is 109 cm³/mol. The molecule has 0 radical (unpaired) electrons. The Morgan fingerprint density at radius 3 is 2.45 bits per heavy atom. The second-order valence-electron chi connectivity index (χ2n) is 7.38. The second kappa shape index (κ2) is 9.63. The van der Waals surface area contributed by atoms with Crippen molar-refractivity contribution in [2.24, 2.45) is 5.92 Å². The Kier molecular flexibility index (Phi) is 7.18. The number of carbonyl (C=O) groups is 1. The maximum Gasteiger partial charge on any atom is 0.417 e. The molecule has 0 aliphatic carbocycles. The molecule has 0 saturated carbocycles. The van der Waals surface area contributed by atoms with Crippen LogP contribution in [0.25, 0.3) is 0 Å². The largest absolute Gasteiger partial charge is 0.417 e. The van der Waals surface area contributed by atoms with Crippen LogP contribution in [-0.4, -0.2) is 34.6 Å². The summed E-state index contributed by atoms with van der Waals surface area (Å²) in [7, 11) is 0. The summed E-state index contributed by atoms with van der Waals surface area (Å²) < 4.78 is 37.6. The van der Waals surface area contributed by atoms with Crippen LogP contribution in [-0.2, 0) is 17.5 Å². The molecule has 8 heteroatoms. The van der Waals surface area contributed by atoms with E-state index in [0.717, 1.165) is 49.6 Å². The maximum absolute atomic E-state index is 12.5. The van der Waals surface area contributed by atoms with Crippen molar-refractivity contribution in [1.29, 1.82) is 0 Å². The van der Waals surface area contributed by atoms with Gasteiger partial charge in [-0.1, -0.05) is 30.8 Å². The molecular weight excluding hydrogens is 399 g/mol. The van der Waals surface area contributed by atoms with E-state index in [4.69, 9.17) is 0 Å². The number of rotatable bonds is 6. The third kappa shape index (κ3) is 6.75. The lowest BCUT2D eigenvalue weighted by Gasteiger charge is -2.30. The molecular formula is C21H24F3N3OS. The van der Waals surface area contributed by atoms with E-state index >= 15 is 0 Å². The van der Waals surface area contributed by atoms with E-state index in [1.54, 1.807) is 0 Å². The summed E-state index contributed by atoms with van der Waals surface area (Å²) in [5.41, 5.74) is 1.11. The smallest absolute Gasteiger partial charge is 0.325 e. The highest BCUT2D eigenvalue weighted by atomic mass is 32.2. The van der Waals surface area contributed by atoms with E-state index in [1.807, 2.05) is 24.3 Å². The Bertz CT molecular complexity index is 801. The van der Waals surface area contributed by atoms with Crippen molar-refractivity contribution in [3.63, 3.8) is 0 Å². The standard InChI is InChI=1S/C21H24F3N3OS/c1-15-8-10-27(11-9-15)13-16-2-5-18(6-3-16)26-19(28)14-29-20-7-4-17(12-25-20)21(22,23)24/h2-7,12,15H,8-11,13-14H2,1H3,(H,26,28). The van der Waals surface area contributed by atoms with Crippen LogP contribution in [0.4, 0.5) is 18.9 Å². The number of nitrogens with one attached hydrogen (secondary N) is 1. The fourth-order valence-corrected chi connectivity index (χ4v) is 3.78. The quantitative estimate of drug-likeness (QED) is 0.660. The number of pyridine rings is 1. The first-order valence-electron chi connectivity index (χ1n) is 9.57. The van der Waals surface area contributed by atoms with Crippen molar-refractivity contribution < 1.29 is 18.0 Å². The van der Waals surface area contributed by atoms with Crippen LogP contribution in [0.5, 0.6) is 0 Å². The van der Waals surface area contributed by atoms with Gasteiger partial charge >= 0.3 is 6.18 Å². The molecule has 2 aromatic rings. The number of alkyl halides is 3. The minimum Gasteiger partial charge on any atom is -0.325 e. The highest BCUT2D eigenvalue weighted by Crippen LogP contribution is 2.29. The first-order valence-corrected chi connectivity index (χ1v) is 10.6. The number of carbonyl (C=O) groups excluding carboxylic acids is 1. The summed E-state index contributed by atoms with van der Waals surface area (Å²) in [5.74, 6) is 0.653. The molecule has 1 fully saturated rings. The normalized spacial score (nSPS) is 16.0. The van der Waals surface area contributed by atoms with Crippen LogP contribution in [0.1, 0.15) is 30.9 Å². The SMILES string of the molecule is CC1CCN(Cc2ccc(NC(=O)CSc3ccc(C(F)(F)F)cn3)cc2)CC1. The number of hydrogen-bond donors (Lipinski definition) is 1. The summed E-state index contributed by atoms with van der Waals surface area (Å²) in [6.07, 6.45) is -1.16. The van der Waals surface area contributed by atoms with Gasteiger partial charge in [0.1, 0.15) is 0 Å². The van der Waals surface area contributed by atoms with Gasteiger partial charge < -0.3 is 5.32 Å². The topological polar surface area (TPSA) is 45.2 Å². The average Bonchev–Trinajstić information content (AvgIpc) is 2.69. The second-order valence-corrected chi connectivity index (χ2v) is 8.37. The van der Waals surface area contributed by atoms with Gasteiger partial charge in [-0.3, -0.25) is 9.69 Å². The van der Waals surface area contributed by atoms with Gasteiger partial charge in [-0.2, -0.15) is 13.2 Å². The number of hydrogen-bond acceptors (Lipinski definition) is 4. The number of amides is 1.